The van der Waals surface area contributed by atoms with Gasteiger partial charge in [0.1, 0.15) is 0 Å². The molecule has 0 saturated carbocycles. The minimum absolute atomic E-state index is 0.107. The fraction of sp³-hybridized carbons (Fsp3) is 0.364. The lowest BCUT2D eigenvalue weighted by Crippen LogP contribution is -2.15. The Labute approximate surface area is 93.7 Å². The van der Waals surface area contributed by atoms with E-state index in [4.69, 9.17) is 5.53 Å². The first-order valence-corrected chi connectivity index (χ1v) is 4.91. The van der Waals surface area contributed by atoms with Crippen molar-refractivity contribution >= 4 is 5.97 Å². The van der Waals surface area contributed by atoms with Crippen LogP contribution in [0.4, 0.5) is 0 Å². The second kappa shape index (κ2) is 6.48. The standard InChI is InChI=1S/C11H13N3O2/c1-16-11(15)8-10(13-14-12)7-9-5-3-2-4-6-9/h2-6,10H,7-8H2,1H3. The van der Waals surface area contributed by atoms with Crippen molar-refractivity contribution in [1.29, 1.82) is 0 Å². The Morgan fingerprint density at radius 3 is 2.75 bits per heavy atom. The van der Waals surface area contributed by atoms with E-state index in [1.165, 1.54) is 7.11 Å². The second-order valence-corrected chi connectivity index (χ2v) is 3.33. The molecule has 16 heavy (non-hydrogen) atoms. The smallest absolute Gasteiger partial charge is 0.305 e. The summed E-state index contributed by atoms with van der Waals surface area (Å²) in [6.45, 7) is 0. The molecule has 0 radical (unpaired) electrons. The van der Waals surface area contributed by atoms with Crippen molar-refractivity contribution in [2.24, 2.45) is 5.11 Å². The summed E-state index contributed by atoms with van der Waals surface area (Å²) in [5, 5.41) is 3.59. The molecule has 0 heterocycles. The van der Waals surface area contributed by atoms with E-state index in [0.29, 0.717) is 6.42 Å². The summed E-state index contributed by atoms with van der Waals surface area (Å²) in [5.41, 5.74) is 9.44. The minimum atomic E-state index is -0.389. The maximum absolute atomic E-state index is 11.1. The van der Waals surface area contributed by atoms with E-state index in [-0.39, 0.29) is 18.4 Å². The lowest BCUT2D eigenvalue weighted by atomic mass is 10.0. The average molecular weight is 219 g/mol. The molecular formula is C11H13N3O2. The van der Waals surface area contributed by atoms with Gasteiger partial charge in [0.05, 0.1) is 19.6 Å². The van der Waals surface area contributed by atoms with Gasteiger partial charge in [-0.25, -0.2) is 0 Å². The third-order valence-electron chi connectivity index (χ3n) is 2.16. The van der Waals surface area contributed by atoms with Gasteiger partial charge < -0.3 is 4.74 Å². The quantitative estimate of drug-likeness (QED) is 0.330. The molecule has 0 bridgehead atoms. The van der Waals surface area contributed by atoms with Gasteiger partial charge in [-0.1, -0.05) is 35.4 Å². The number of azide groups is 1. The summed E-state index contributed by atoms with van der Waals surface area (Å²) in [6.07, 6.45) is 0.648. The van der Waals surface area contributed by atoms with Crippen molar-refractivity contribution < 1.29 is 9.53 Å². The fourth-order valence-electron chi connectivity index (χ4n) is 1.39. The predicted octanol–water partition coefficient (Wildman–Crippen LogP) is 2.47. The van der Waals surface area contributed by atoms with Crippen LogP contribution < -0.4 is 0 Å². The van der Waals surface area contributed by atoms with E-state index < -0.39 is 0 Å². The lowest BCUT2D eigenvalue weighted by Gasteiger charge is -2.09. The minimum Gasteiger partial charge on any atom is -0.469 e. The molecule has 1 aromatic rings. The van der Waals surface area contributed by atoms with Crippen LogP contribution in [0.15, 0.2) is 35.4 Å². The molecule has 0 amide bonds. The number of benzene rings is 1. The van der Waals surface area contributed by atoms with Crippen LogP contribution in [-0.4, -0.2) is 19.1 Å². The van der Waals surface area contributed by atoms with E-state index >= 15 is 0 Å². The van der Waals surface area contributed by atoms with Gasteiger partial charge in [-0.3, -0.25) is 4.79 Å². The highest BCUT2D eigenvalue weighted by molar-refractivity contribution is 5.70. The molecular weight excluding hydrogens is 206 g/mol. The summed E-state index contributed by atoms with van der Waals surface area (Å²) in [5.74, 6) is -0.367. The first kappa shape index (κ1) is 12.1. The largest absolute Gasteiger partial charge is 0.469 e. The Hall–Kier alpha value is -2.00. The topological polar surface area (TPSA) is 75.1 Å². The predicted molar refractivity (Wildman–Crippen MR) is 59.7 cm³/mol. The summed E-state index contributed by atoms with van der Waals surface area (Å²) >= 11 is 0. The Morgan fingerprint density at radius 1 is 1.50 bits per heavy atom. The van der Waals surface area contributed by atoms with Crippen molar-refractivity contribution in [3.05, 3.63) is 46.3 Å². The van der Waals surface area contributed by atoms with Gasteiger partial charge >= 0.3 is 5.97 Å². The maximum Gasteiger partial charge on any atom is 0.305 e. The normalized spacial score (nSPS) is 11.3. The van der Waals surface area contributed by atoms with Crippen LogP contribution in [0.3, 0.4) is 0 Å². The van der Waals surface area contributed by atoms with E-state index in [2.05, 4.69) is 14.8 Å². The Kier molecular flexibility index (Phi) is 4.89. The number of hydrogen-bond donors (Lipinski definition) is 0. The zero-order chi connectivity index (χ0) is 11.8. The number of nitrogens with zero attached hydrogens (tertiary/aromatic N) is 3. The van der Waals surface area contributed by atoms with E-state index in [9.17, 15) is 4.79 Å². The molecule has 84 valence electrons. The van der Waals surface area contributed by atoms with Gasteiger partial charge in [0.25, 0.3) is 0 Å². The molecule has 0 fully saturated rings. The van der Waals surface area contributed by atoms with Gasteiger partial charge in [-0.05, 0) is 17.5 Å². The highest BCUT2D eigenvalue weighted by Gasteiger charge is 2.13. The highest BCUT2D eigenvalue weighted by atomic mass is 16.5. The summed E-state index contributed by atoms with van der Waals surface area (Å²) in [4.78, 5) is 13.8. The molecule has 0 spiro atoms. The van der Waals surface area contributed by atoms with Gasteiger partial charge in [-0.15, -0.1) is 0 Å². The van der Waals surface area contributed by atoms with Crippen molar-refractivity contribution in [2.45, 2.75) is 18.9 Å². The first-order valence-electron chi connectivity index (χ1n) is 4.91. The van der Waals surface area contributed by atoms with Crippen LogP contribution in [0.5, 0.6) is 0 Å². The Bertz CT molecular complexity index is 385. The molecule has 5 heteroatoms. The van der Waals surface area contributed by atoms with Crippen LogP contribution in [0.25, 0.3) is 10.4 Å². The average Bonchev–Trinajstić information content (AvgIpc) is 2.30. The Morgan fingerprint density at radius 2 is 2.19 bits per heavy atom. The molecule has 5 nitrogen and oxygen atoms in total. The highest BCUT2D eigenvalue weighted by Crippen LogP contribution is 2.09. The lowest BCUT2D eigenvalue weighted by molar-refractivity contribution is -0.140. The van der Waals surface area contributed by atoms with Crippen molar-refractivity contribution in [3.8, 4) is 0 Å². The number of esters is 1. The summed E-state index contributed by atoms with van der Waals surface area (Å²) in [7, 11) is 1.32. The Balaban J connectivity index is 2.65. The molecule has 0 aliphatic rings. The number of ether oxygens (including phenoxy) is 1. The molecule has 1 rings (SSSR count). The molecule has 0 N–H and O–H groups in total. The maximum atomic E-state index is 11.1. The van der Waals surface area contributed by atoms with Gasteiger partial charge in [0.2, 0.25) is 0 Å². The van der Waals surface area contributed by atoms with E-state index in [0.717, 1.165) is 5.56 Å². The molecule has 0 saturated heterocycles. The van der Waals surface area contributed by atoms with E-state index in [1.807, 2.05) is 30.3 Å². The number of carbonyl (C=O) groups is 1. The van der Waals surface area contributed by atoms with Gasteiger partial charge in [0.15, 0.2) is 0 Å². The monoisotopic (exact) mass is 219 g/mol. The van der Waals surface area contributed by atoms with Crippen LogP contribution in [0, 0.1) is 0 Å². The third kappa shape index (κ3) is 4.02. The van der Waals surface area contributed by atoms with Crippen LogP contribution in [-0.2, 0) is 16.0 Å². The van der Waals surface area contributed by atoms with Gasteiger partial charge in [-0.2, -0.15) is 0 Å². The van der Waals surface area contributed by atoms with Crippen molar-refractivity contribution in [1.82, 2.24) is 0 Å². The molecule has 0 aromatic heterocycles. The number of methoxy groups -OCH3 is 1. The zero-order valence-electron chi connectivity index (χ0n) is 9.04. The fourth-order valence-corrected chi connectivity index (χ4v) is 1.39. The summed E-state index contributed by atoms with van der Waals surface area (Å²) in [6, 6.07) is 9.18. The number of rotatable bonds is 5. The summed E-state index contributed by atoms with van der Waals surface area (Å²) < 4.78 is 4.54. The zero-order valence-corrected chi connectivity index (χ0v) is 9.04. The molecule has 1 unspecified atom stereocenters. The van der Waals surface area contributed by atoms with Crippen molar-refractivity contribution in [2.75, 3.05) is 7.11 Å². The molecule has 1 atom stereocenters. The van der Waals surface area contributed by atoms with Crippen LogP contribution in [0.1, 0.15) is 12.0 Å². The third-order valence-corrected chi connectivity index (χ3v) is 2.16. The molecule has 1 aromatic carbocycles. The van der Waals surface area contributed by atoms with E-state index in [1.54, 1.807) is 0 Å². The van der Waals surface area contributed by atoms with Crippen LogP contribution in [0.2, 0.25) is 0 Å². The number of carbonyl (C=O) groups excluding carboxylic acids is 1. The first-order chi connectivity index (χ1) is 7.76. The van der Waals surface area contributed by atoms with Gasteiger partial charge in [0, 0.05) is 4.91 Å². The number of hydrogen-bond acceptors (Lipinski definition) is 3. The second-order valence-electron chi connectivity index (χ2n) is 3.33. The van der Waals surface area contributed by atoms with Crippen molar-refractivity contribution in [3.63, 3.8) is 0 Å². The molecule has 0 aliphatic heterocycles. The molecule has 0 aliphatic carbocycles. The van der Waals surface area contributed by atoms with Crippen LogP contribution >= 0.6 is 0 Å². The SMILES string of the molecule is COC(=O)CC(Cc1ccccc1)N=[N+]=[N-].